The number of rotatable bonds is 3. The molecule has 78 valence electrons. The summed E-state index contributed by atoms with van der Waals surface area (Å²) in [5, 5.41) is 12.0. The van der Waals surface area contributed by atoms with Crippen LogP contribution in [0.3, 0.4) is 0 Å². The summed E-state index contributed by atoms with van der Waals surface area (Å²) >= 11 is 4.98. The zero-order chi connectivity index (χ0) is 10.7. The smallest absolute Gasteiger partial charge is 0.0933 e. The molecule has 15 heavy (non-hydrogen) atoms. The van der Waals surface area contributed by atoms with E-state index in [4.69, 9.17) is 0 Å². The van der Waals surface area contributed by atoms with Crippen LogP contribution in [0.1, 0.15) is 16.5 Å². The molecule has 0 spiro atoms. The van der Waals surface area contributed by atoms with Gasteiger partial charge in [0.25, 0.3) is 0 Å². The number of thiophene rings is 1. The SMILES string of the molecule is OC(Cc1ccncc1)c1sccc1Br. The Labute approximate surface area is 101 Å². The van der Waals surface area contributed by atoms with Crippen LogP contribution in [0.25, 0.3) is 0 Å². The Kier molecular flexibility index (Phi) is 3.51. The minimum absolute atomic E-state index is 0.443. The summed E-state index contributed by atoms with van der Waals surface area (Å²) in [6.45, 7) is 0. The van der Waals surface area contributed by atoms with Crippen LogP contribution in [0.5, 0.6) is 0 Å². The van der Waals surface area contributed by atoms with E-state index in [1.807, 2.05) is 23.6 Å². The molecule has 0 aromatic carbocycles. The van der Waals surface area contributed by atoms with E-state index in [-0.39, 0.29) is 0 Å². The molecule has 0 radical (unpaired) electrons. The van der Waals surface area contributed by atoms with E-state index < -0.39 is 6.10 Å². The van der Waals surface area contributed by atoms with Crippen molar-refractivity contribution in [2.75, 3.05) is 0 Å². The minimum Gasteiger partial charge on any atom is -0.387 e. The molecule has 0 fully saturated rings. The van der Waals surface area contributed by atoms with Gasteiger partial charge in [-0.05, 0) is 45.1 Å². The van der Waals surface area contributed by atoms with Crippen molar-refractivity contribution in [2.24, 2.45) is 0 Å². The van der Waals surface area contributed by atoms with Gasteiger partial charge in [0.15, 0.2) is 0 Å². The van der Waals surface area contributed by atoms with E-state index in [9.17, 15) is 5.11 Å². The van der Waals surface area contributed by atoms with Crippen molar-refractivity contribution in [1.29, 1.82) is 0 Å². The predicted octanol–water partition coefficient (Wildman–Crippen LogP) is 3.18. The first-order valence-electron chi connectivity index (χ1n) is 4.57. The van der Waals surface area contributed by atoms with Crippen molar-refractivity contribution < 1.29 is 5.11 Å². The van der Waals surface area contributed by atoms with E-state index >= 15 is 0 Å². The third-order valence-electron chi connectivity index (χ3n) is 2.13. The van der Waals surface area contributed by atoms with Gasteiger partial charge in [-0.3, -0.25) is 4.98 Å². The maximum atomic E-state index is 10.0. The number of halogens is 1. The normalized spacial score (nSPS) is 12.7. The van der Waals surface area contributed by atoms with Crippen LogP contribution in [-0.2, 0) is 6.42 Å². The molecule has 1 atom stereocenters. The first-order chi connectivity index (χ1) is 7.27. The largest absolute Gasteiger partial charge is 0.387 e. The minimum atomic E-state index is -0.443. The zero-order valence-corrected chi connectivity index (χ0v) is 10.3. The molecular formula is C11H10BrNOS. The fourth-order valence-electron chi connectivity index (χ4n) is 1.38. The van der Waals surface area contributed by atoms with Crippen LogP contribution < -0.4 is 0 Å². The summed E-state index contributed by atoms with van der Waals surface area (Å²) < 4.78 is 0.981. The van der Waals surface area contributed by atoms with Gasteiger partial charge in [-0.1, -0.05) is 0 Å². The highest BCUT2D eigenvalue weighted by atomic mass is 79.9. The first-order valence-corrected chi connectivity index (χ1v) is 6.24. The molecular weight excluding hydrogens is 274 g/mol. The van der Waals surface area contributed by atoms with Gasteiger partial charge in [0.1, 0.15) is 0 Å². The molecule has 0 aliphatic rings. The molecule has 1 unspecified atom stereocenters. The molecule has 0 saturated heterocycles. The summed E-state index contributed by atoms with van der Waals surface area (Å²) in [7, 11) is 0. The Morgan fingerprint density at radius 1 is 1.33 bits per heavy atom. The topological polar surface area (TPSA) is 33.1 Å². The van der Waals surface area contributed by atoms with Crippen molar-refractivity contribution in [3.63, 3.8) is 0 Å². The molecule has 2 heterocycles. The Balaban J connectivity index is 2.11. The predicted molar refractivity (Wildman–Crippen MR) is 64.9 cm³/mol. The summed E-state index contributed by atoms with van der Waals surface area (Å²) in [4.78, 5) is 4.92. The number of aliphatic hydroxyl groups is 1. The lowest BCUT2D eigenvalue weighted by atomic mass is 10.1. The van der Waals surface area contributed by atoms with Gasteiger partial charge < -0.3 is 5.11 Å². The lowest BCUT2D eigenvalue weighted by Gasteiger charge is -2.08. The molecule has 0 amide bonds. The van der Waals surface area contributed by atoms with Gasteiger partial charge in [-0.2, -0.15) is 0 Å². The van der Waals surface area contributed by atoms with E-state index in [1.54, 1.807) is 23.7 Å². The fourth-order valence-corrected chi connectivity index (χ4v) is 3.00. The Bertz CT molecular complexity index is 429. The summed E-state index contributed by atoms with van der Waals surface area (Å²) in [5.41, 5.74) is 1.10. The van der Waals surface area contributed by atoms with Gasteiger partial charge in [0.2, 0.25) is 0 Å². The molecule has 2 aromatic heterocycles. The van der Waals surface area contributed by atoms with Crippen molar-refractivity contribution >= 4 is 27.3 Å². The molecule has 2 rings (SSSR count). The zero-order valence-electron chi connectivity index (χ0n) is 7.93. The second kappa shape index (κ2) is 4.88. The second-order valence-corrected chi connectivity index (χ2v) is 5.01. The van der Waals surface area contributed by atoms with E-state index in [2.05, 4.69) is 20.9 Å². The number of hydrogen-bond donors (Lipinski definition) is 1. The van der Waals surface area contributed by atoms with Gasteiger partial charge in [0.05, 0.1) is 6.10 Å². The van der Waals surface area contributed by atoms with Crippen LogP contribution in [0, 0.1) is 0 Å². The lowest BCUT2D eigenvalue weighted by molar-refractivity contribution is 0.181. The van der Waals surface area contributed by atoms with E-state index in [1.165, 1.54) is 0 Å². The number of aromatic nitrogens is 1. The van der Waals surface area contributed by atoms with Crippen molar-refractivity contribution in [3.8, 4) is 0 Å². The Morgan fingerprint density at radius 2 is 2.07 bits per heavy atom. The van der Waals surface area contributed by atoms with Crippen molar-refractivity contribution in [2.45, 2.75) is 12.5 Å². The molecule has 1 N–H and O–H groups in total. The van der Waals surface area contributed by atoms with Gasteiger partial charge in [-0.15, -0.1) is 11.3 Å². The van der Waals surface area contributed by atoms with Crippen molar-refractivity contribution in [3.05, 3.63) is 50.9 Å². The summed E-state index contributed by atoms with van der Waals surface area (Å²) in [6, 6.07) is 5.80. The maximum absolute atomic E-state index is 10.0. The number of hydrogen-bond acceptors (Lipinski definition) is 3. The molecule has 2 nitrogen and oxygen atoms in total. The summed E-state index contributed by atoms with van der Waals surface area (Å²) in [6.07, 6.45) is 3.67. The molecule has 0 saturated carbocycles. The molecule has 2 aromatic rings. The maximum Gasteiger partial charge on any atom is 0.0933 e. The Hall–Kier alpha value is -0.710. The highest BCUT2D eigenvalue weighted by Crippen LogP contribution is 2.30. The monoisotopic (exact) mass is 283 g/mol. The van der Waals surface area contributed by atoms with Crippen LogP contribution in [-0.4, -0.2) is 10.1 Å². The number of aliphatic hydroxyl groups excluding tert-OH is 1. The molecule has 0 bridgehead atoms. The number of nitrogens with zero attached hydrogens (tertiary/aromatic N) is 1. The first kappa shape index (κ1) is 10.8. The highest BCUT2D eigenvalue weighted by Gasteiger charge is 2.12. The van der Waals surface area contributed by atoms with Gasteiger partial charge in [-0.25, -0.2) is 0 Å². The van der Waals surface area contributed by atoms with E-state index in [0.717, 1.165) is 14.9 Å². The van der Waals surface area contributed by atoms with Gasteiger partial charge in [0, 0.05) is 28.2 Å². The lowest BCUT2D eigenvalue weighted by Crippen LogP contribution is -2.00. The van der Waals surface area contributed by atoms with Crippen LogP contribution in [0.2, 0.25) is 0 Å². The van der Waals surface area contributed by atoms with Crippen LogP contribution >= 0.6 is 27.3 Å². The van der Waals surface area contributed by atoms with Crippen LogP contribution in [0.15, 0.2) is 40.4 Å². The quantitative estimate of drug-likeness (QED) is 0.939. The van der Waals surface area contributed by atoms with Crippen molar-refractivity contribution in [1.82, 2.24) is 4.98 Å². The fraction of sp³-hybridized carbons (Fsp3) is 0.182. The summed E-state index contributed by atoms with van der Waals surface area (Å²) in [5.74, 6) is 0. The second-order valence-electron chi connectivity index (χ2n) is 3.21. The third-order valence-corrected chi connectivity index (χ3v) is 4.10. The molecule has 0 aliphatic heterocycles. The standard InChI is InChI=1S/C11H10BrNOS/c12-9-3-6-15-11(9)10(14)7-8-1-4-13-5-2-8/h1-6,10,14H,7H2. The number of pyridine rings is 1. The highest BCUT2D eigenvalue weighted by molar-refractivity contribution is 9.10. The molecule has 0 aliphatic carbocycles. The Morgan fingerprint density at radius 3 is 2.67 bits per heavy atom. The average Bonchev–Trinajstić information content (AvgIpc) is 2.66. The molecule has 4 heteroatoms. The van der Waals surface area contributed by atoms with Crippen LogP contribution in [0.4, 0.5) is 0 Å². The third kappa shape index (κ3) is 2.65. The van der Waals surface area contributed by atoms with E-state index in [0.29, 0.717) is 6.42 Å². The van der Waals surface area contributed by atoms with Gasteiger partial charge >= 0.3 is 0 Å². The average molecular weight is 284 g/mol.